The molecule has 0 bridgehead atoms. The predicted molar refractivity (Wildman–Crippen MR) is 139 cm³/mol. The van der Waals surface area contributed by atoms with E-state index in [1.807, 2.05) is 32.4 Å². The number of aromatic nitrogens is 3. The summed E-state index contributed by atoms with van der Waals surface area (Å²) in [6.07, 6.45) is 3.28. The smallest absolute Gasteiger partial charge is 0.407 e. The van der Waals surface area contributed by atoms with Crippen LogP contribution in [-0.2, 0) is 17.7 Å². The largest absolute Gasteiger partial charge is 0.444 e. The number of aliphatic imine (C=N–C) groups is 1. The Morgan fingerprint density at radius 1 is 1.31 bits per heavy atom. The number of amides is 1. The van der Waals surface area contributed by atoms with Crippen LogP contribution in [0.2, 0.25) is 0 Å². The van der Waals surface area contributed by atoms with Crippen molar-refractivity contribution < 1.29 is 9.53 Å². The minimum atomic E-state index is -0.517. The molecule has 2 unspecified atom stereocenters. The number of rotatable bonds is 8. The molecule has 9 nitrogen and oxygen atoms in total. The summed E-state index contributed by atoms with van der Waals surface area (Å²) in [5, 5.41) is 14.5. The zero-order valence-electron chi connectivity index (χ0n) is 20.7. The number of guanidine groups is 1. The SMILES string of the molecule is CCCC(CN=C(NCC)NC1CCc2nc(C(C)C)nn2C1)NC(=O)OC(C)(C)C.I. The van der Waals surface area contributed by atoms with Gasteiger partial charge in [-0.2, -0.15) is 5.10 Å². The first kappa shape index (κ1) is 28.4. The van der Waals surface area contributed by atoms with Gasteiger partial charge in [-0.3, -0.25) is 4.99 Å². The van der Waals surface area contributed by atoms with Gasteiger partial charge in [-0.05, 0) is 40.5 Å². The van der Waals surface area contributed by atoms with E-state index in [1.165, 1.54) is 0 Å². The molecule has 0 spiro atoms. The number of aryl methyl sites for hydroxylation is 1. The lowest BCUT2D eigenvalue weighted by molar-refractivity contribution is 0.0503. The molecule has 2 rings (SSSR count). The summed E-state index contributed by atoms with van der Waals surface area (Å²) in [4.78, 5) is 21.6. The lowest BCUT2D eigenvalue weighted by Gasteiger charge is -2.26. The normalized spacial score (nSPS) is 17.2. The molecule has 2 heterocycles. The van der Waals surface area contributed by atoms with Crippen molar-refractivity contribution in [2.45, 2.75) is 104 Å². The first-order valence-corrected chi connectivity index (χ1v) is 11.6. The first-order valence-electron chi connectivity index (χ1n) is 11.6. The number of hydrogen-bond donors (Lipinski definition) is 3. The fraction of sp³-hybridized carbons (Fsp3) is 0.818. The quantitative estimate of drug-likeness (QED) is 0.254. The molecule has 1 aliphatic rings. The maximum atomic E-state index is 12.2. The van der Waals surface area contributed by atoms with E-state index in [4.69, 9.17) is 9.73 Å². The molecule has 1 aliphatic heterocycles. The van der Waals surface area contributed by atoms with Crippen LogP contribution in [0.3, 0.4) is 0 Å². The van der Waals surface area contributed by atoms with Gasteiger partial charge in [0.1, 0.15) is 11.4 Å². The molecule has 3 N–H and O–H groups in total. The molecule has 0 aliphatic carbocycles. The van der Waals surface area contributed by atoms with E-state index in [0.717, 1.165) is 56.4 Å². The number of carbonyl (C=O) groups excluding carboxylic acids is 1. The average Bonchev–Trinajstić information content (AvgIpc) is 3.08. The lowest BCUT2D eigenvalue weighted by Crippen LogP contribution is -2.48. The summed E-state index contributed by atoms with van der Waals surface area (Å²) in [7, 11) is 0. The number of fused-ring (bicyclic) bond motifs is 1. The van der Waals surface area contributed by atoms with E-state index in [0.29, 0.717) is 12.5 Å². The van der Waals surface area contributed by atoms with Gasteiger partial charge in [0, 0.05) is 24.9 Å². The number of carbonyl (C=O) groups is 1. The summed E-state index contributed by atoms with van der Waals surface area (Å²) in [5.41, 5.74) is -0.517. The van der Waals surface area contributed by atoms with Gasteiger partial charge in [-0.15, -0.1) is 24.0 Å². The molecule has 0 saturated heterocycles. The third-order valence-corrected chi connectivity index (χ3v) is 4.90. The number of ether oxygens (including phenoxy) is 1. The molecule has 2 atom stereocenters. The second-order valence-corrected chi connectivity index (χ2v) is 9.45. The maximum absolute atomic E-state index is 12.2. The van der Waals surface area contributed by atoms with Gasteiger partial charge >= 0.3 is 6.09 Å². The Labute approximate surface area is 210 Å². The lowest BCUT2D eigenvalue weighted by atomic mass is 10.1. The third kappa shape index (κ3) is 9.50. The highest BCUT2D eigenvalue weighted by molar-refractivity contribution is 14.0. The van der Waals surface area contributed by atoms with Gasteiger partial charge in [0.05, 0.1) is 19.1 Å². The van der Waals surface area contributed by atoms with Crippen LogP contribution < -0.4 is 16.0 Å². The maximum Gasteiger partial charge on any atom is 0.407 e. The fourth-order valence-corrected chi connectivity index (χ4v) is 3.44. The van der Waals surface area contributed by atoms with Crippen molar-refractivity contribution in [3.05, 3.63) is 11.6 Å². The van der Waals surface area contributed by atoms with E-state index in [-0.39, 0.29) is 36.1 Å². The molecule has 32 heavy (non-hydrogen) atoms. The second kappa shape index (κ2) is 13.2. The Morgan fingerprint density at radius 2 is 2.03 bits per heavy atom. The van der Waals surface area contributed by atoms with Crippen molar-refractivity contribution in [3.63, 3.8) is 0 Å². The Balaban J connectivity index is 0.00000512. The molecule has 0 saturated carbocycles. The van der Waals surface area contributed by atoms with Gasteiger partial charge in [-0.25, -0.2) is 14.5 Å². The van der Waals surface area contributed by atoms with Crippen molar-refractivity contribution >= 4 is 36.0 Å². The second-order valence-electron chi connectivity index (χ2n) is 9.45. The van der Waals surface area contributed by atoms with E-state index in [1.54, 1.807) is 0 Å². The molecule has 1 aromatic heterocycles. The molecule has 184 valence electrons. The molecular weight excluding hydrogens is 521 g/mol. The summed E-state index contributed by atoms with van der Waals surface area (Å²) >= 11 is 0. The standard InChI is InChI=1S/C22H41N7O2.HI/c1-8-10-16(26-21(30)31-22(5,6)7)13-24-20(23-9-2)25-17-11-12-18-27-19(15(3)4)28-29(18)14-17;/h15-17H,8-14H2,1-7H3,(H,26,30)(H2,23,24,25);1H. The monoisotopic (exact) mass is 563 g/mol. The van der Waals surface area contributed by atoms with Crippen molar-refractivity contribution in [2.75, 3.05) is 13.1 Å². The Kier molecular flexibility index (Phi) is 11.7. The number of nitrogens with one attached hydrogen (secondary N) is 3. The number of halogens is 1. The molecule has 0 fully saturated rings. The van der Waals surface area contributed by atoms with Crippen molar-refractivity contribution in [3.8, 4) is 0 Å². The van der Waals surface area contributed by atoms with Crippen LogP contribution in [0.4, 0.5) is 4.79 Å². The molecule has 10 heteroatoms. The highest BCUT2D eigenvalue weighted by Gasteiger charge is 2.23. The zero-order chi connectivity index (χ0) is 23.0. The molecule has 0 radical (unpaired) electrons. The van der Waals surface area contributed by atoms with Crippen molar-refractivity contribution in [2.24, 2.45) is 4.99 Å². The first-order chi connectivity index (χ1) is 14.6. The van der Waals surface area contributed by atoms with Crippen LogP contribution in [0.25, 0.3) is 0 Å². The van der Waals surface area contributed by atoms with Crippen LogP contribution in [0.1, 0.15) is 85.3 Å². The molecular formula is C22H42IN7O2. The van der Waals surface area contributed by atoms with E-state index >= 15 is 0 Å². The fourth-order valence-electron chi connectivity index (χ4n) is 3.44. The van der Waals surface area contributed by atoms with Gasteiger partial charge in [0.25, 0.3) is 0 Å². The van der Waals surface area contributed by atoms with Crippen LogP contribution in [0.5, 0.6) is 0 Å². The van der Waals surface area contributed by atoms with E-state index < -0.39 is 11.7 Å². The van der Waals surface area contributed by atoms with Gasteiger partial charge in [0.15, 0.2) is 11.8 Å². The van der Waals surface area contributed by atoms with Crippen LogP contribution in [0, 0.1) is 0 Å². The molecule has 1 aromatic rings. The Bertz CT molecular complexity index is 743. The third-order valence-electron chi connectivity index (χ3n) is 4.90. The zero-order valence-corrected chi connectivity index (χ0v) is 23.0. The topological polar surface area (TPSA) is 105 Å². The summed E-state index contributed by atoms with van der Waals surface area (Å²) in [6, 6.07) is 0.160. The molecule has 1 amide bonds. The summed E-state index contributed by atoms with van der Waals surface area (Å²) < 4.78 is 7.41. The van der Waals surface area contributed by atoms with E-state index in [2.05, 4.69) is 46.8 Å². The summed E-state index contributed by atoms with van der Waals surface area (Å²) in [6.45, 7) is 16.0. The molecule has 0 aromatic carbocycles. The Morgan fingerprint density at radius 3 is 2.62 bits per heavy atom. The number of hydrogen-bond acceptors (Lipinski definition) is 5. The van der Waals surface area contributed by atoms with Gasteiger partial charge in [-0.1, -0.05) is 27.2 Å². The van der Waals surface area contributed by atoms with Crippen LogP contribution in [-0.4, -0.2) is 57.6 Å². The highest BCUT2D eigenvalue weighted by Crippen LogP contribution is 2.17. The average molecular weight is 564 g/mol. The van der Waals surface area contributed by atoms with Crippen LogP contribution >= 0.6 is 24.0 Å². The van der Waals surface area contributed by atoms with Crippen LogP contribution in [0.15, 0.2) is 4.99 Å². The predicted octanol–water partition coefficient (Wildman–Crippen LogP) is 3.58. The van der Waals surface area contributed by atoms with Crippen molar-refractivity contribution in [1.82, 2.24) is 30.7 Å². The minimum Gasteiger partial charge on any atom is -0.444 e. The highest BCUT2D eigenvalue weighted by atomic mass is 127. The van der Waals surface area contributed by atoms with Gasteiger partial charge in [0.2, 0.25) is 0 Å². The Hall–Kier alpha value is -1.59. The van der Waals surface area contributed by atoms with Gasteiger partial charge < -0.3 is 20.7 Å². The number of alkyl carbamates (subject to hydrolysis) is 1. The number of nitrogens with zero attached hydrogens (tertiary/aromatic N) is 4. The van der Waals surface area contributed by atoms with E-state index in [9.17, 15) is 4.79 Å². The summed E-state index contributed by atoms with van der Waals surface area (Å²) in [5.74, 6) is 3.06. The van der Waals surface area contributed by atoms with Crippen molar-refractivity contribution in [1.29, 1.82) is 0 Å². The minimum absolute atomic E-state index is 0.